The van der Waals surface area contributed by atoms with Gasteiger partial charge in [-0.25, -0.2) is 0 Å². The smallest absolute Gasteiger partial charge is 0.251 e. The third kappa shape index (κ3) is 3.11. The average Bonchev–Trinajstić information content (AvgIpc) is 2.75. The average molecular weight is 325 g/mol. The van der Waals surface area contributed by atoms with Crippen molar-refractivity contribution >= 4 is 38.9 Å². The Bertz CT molecular complexity index is 580. The summed E-state index contributed by atoms with van der Waals surface area (Å²) in [7, 11) is 0. The van der Waals surface area contributed by atoms with Gasteiger partial charge in [0.15, 0.2) is 0 Å². The first-order chi connectivity index (χ1) is 8.56. The maximum atomic E-state index is 11.9. The third-order valence-electron chi connectivity index (χ3n) is 2.48. The molecule has 1 aromatic heterocycles. The molecule has 0 unspecified atom stereocenters. The van der Waals surface area contributed by atoms with E-state index in [-0.39, 0.29) is 5.91 Å². The molecule has 2 aromatic rings. The number of carbonyl (C=O) groups excluding carboxylic acids is 1. The van der Waals surface area contributed by atoms with Crippen molar-refractivity contribution in [2.45, 2.75) is 13.5 Å². The second-order valence-corrected chi connectivity index (χ2v) is 6.16. The molecule has 3 N–H and O–H groups in total. The van der Waals surface area contributed by atoms with Gasteiger partial charge in [-0.15, -0.1) is 11.3 Å². The van der Waals surface area contributed by atoms with Crippen molar-refractivity contribution in [1.82, 2.24) is 5.32 Å². The molecule has 0 aliphatic rings. The summed E-state index contributed by atoms with van der Waals surface area (Å²) in [6.07, 6.45) is 0. The Labute approximate surface area is 118 Å². The molecular weight excluding hydrogens is 312 g/mol. The maximum absolute atomic E-state index is 11.9. The minimum atomic E-state index is -0.111. The number of nitrogens with one attached hydrogen (secondary N) is 1. The van der Waals surface area contributed by atoms with Crippen molar-refractivity contribution in [2.75, 3.05) is 5.73 Å². The molecule has 18 heavy (non-hydrogen) atoms. The highest BCUT2D eigenvalue weighted by Crippen LogP contribution is 2.20. The first-order valence-corrected chi connectivity index (χ1v) is 7.06. The predicted octanol–water partition coefficient (Wildman–Crippen LogP) is 3.33. The largest absolute Gasteiger partial charge is 0.398 e. The van der Waals surface area contributed by atoms with Crippen molar-refractivity contribution in [3.8, 4) is 0 Å². The molecule has 94 valence electrons. The molecule has 0 saturated heterocycles. The first-order valence-electron chi connectivity index (χ1n) is 5.45. The van der Waals surface area contributed by atoms with Crippen molar-refractivity contribution in [2.24, 2.45) is 0 Å². The highest BCUT2D eigenvalue weighted by molar-refractivity contribution is 9.10. The number of benzene rings is 1. The van der Waals surface area contributed by atoms with Gasteiger partial charge in [-0.3, -0.25) is 4.79 Å². The van der Waals surface area contributed by atoms with Crippen LogP contribution in [0, 0.1) is 6.92 Å². The highest BCUT2D eigenvalue weighted by Gasteiger charge is 2.07. The Hall–Kier alpha value is -1.33. The van der Waals surface area contributed by atoms with E-state index in [2.05, 4.69) is 21.2 Å². The van der Waals surface area contributed by atoms with Gasteiger partial charge in [0, 0.05) is 25.5 Å². The molecule has 1 heterocycles. The van der Waals surface area contributed by atoms with E-state index in [1.165, 1.54) is 4.88 Å². The monoisotopic (exact) mass is 324 g/mol. The van der Waals surface area contributed by atoms with Gasteiger partial charge < -0.3 is 11.1 Å². The predicted molar refractivity (Wildman–Crippen MR) is 78.8 cm³/mol. The SMILES string of the molecule is Cc1ccc(CNC(=O)c2ccc(Br)c(N)c2)s1. The number of hydrogen-bond acceptors (Lipinski definition) is 3. The zero-order valence-corrected chi connectivity index (χ0v) is 12.3. The van der Waals surface area contributed by atoms with E-state index in [1.54, 1.807) is 29.5 Å². The van der Waals surface area contributed by atoms with E-state index >= 15 is 0 Å². The Kier molecular flexibility index (Phi) is 4.04. The van der Waals surface area contributed by atoms with Crippen LogP contribution in [0.15, 0.2) is 34.8 Å². The highest BCUT2D eigenvalue weighted by atomic mass is 79.9. The third-order valence-corrected chi connectivity index (χ3v) is 4.20. The van der Waals surface area contributed by atoms with Crippen LogP contribution in [0.2, 0.25) is 0 Å². The number of amides is 1. The normalized spacial score (nSPS) is 10.3. The van der Waals surface area contributed by atoms with Crippen molar-refractivity contribution in [1.29, 1.82) is 0 Å². The minimum Gasteiger partial charge on any atom is -0.398 e. The van der Waals surface area contributed by atoms with E-state index < -0.39 is 0 Å². The van der Waals surface area contributed by atoms with E-state index in [9.17, 15) is 4.79 Å². The number of anilines is 1. The number of rotatable bonds is 3. The Balaban J connectivity index is 2.01. The number of hydrogen-bond donors (Lipinski definition) is 2. The van der Waals surface area contributed by atoms with Crippen LogP contribution in [-0.4, -0.2) is 5.91 Å². The van der Waals surface area contributed by atoms with E-state index in [0.29, 0.717) is 17.8 Å². The molecule has 2 rings (SSSR count). The van der Waals surface area contributed by atoms with E-state index in [0.717, 1.165) is 9.35 Å². The summed E-state index contributed by atoms with van der Waals surface area (Å²) in [6.45, 7) is 2.60. The Morgan fingerprint density at radius 2 is 2.17 bits per heavy atom. The number of thiophene rings is 1. The minimum absolute atomic E-state index is 0.111. The summed E-state index contributed by atoms with van der Waals surface area (Å²) in [5.41, 5.74) is 6.88. The fourth-order valence-electron chi connectivity index (χ4n) is 1.53. The van der Waals surface area contributed by atoms with Crippen molar-refractivity contribution in [3.05, 3.63) is 50.1 Å². The molecule has 0 aliphatic carbocycles. The maximum Gasteiger partial charge on any atom is 0.251 e. The van der Waals surface area contributed by atoms with Gasteiger partial charge in [-0.05, 0) is 53.2 Å². The van der Waals surface area contributed by atoms with Gasteiger partial charge in [-0.2, -0.15) is 0 Å². The van der Waals surface area contributed by atoms with Crippen molar-refractivity contribution < 1.29 is 4.79 Å². The molecule has 0 spiro atoms. The Morgan fingerprint density at radius 3 is 2.78 bits per heavy atom. The molecule has 0 atom stereocenters. The first kappa shape index (κ1) is 13.1. The van der Waals surface area contributed by atoms with Crippen LogP contribution in [0.3, 0.4) is 0 Å². The zero-order chi connectivity index (χ0) is 13.1. The van der Waals surface area contributed by atoms with Crippen LogP contribution in [0.4, 0.5) is 5.69 Å². The molecular formula is C13H13BrN2OS. The molecule has 5 heteroatoms. The summed E-state index contributed by atoms with van der Waals surface area (Å²) >= 11 is 4.99. The second kappa shape index (κ2) is 5.54. The number of nitrogens with two attached hydrogens (primary N) is 1. The molecule has 3 nitrogen and oxygen atoms in total. The van der Waals surface area contributed by atoms with Crippen LogP contribution in [0.1, 0.15) is 20.1 Å². The molecule has 0 radical (unpaired) electrons. The lowest BCUT2D eigenvalue weighted by atomic mass is 10.2. The summed E-state index contributed by atoms with van der Waals surface area (Å²) in [4.78, 5) is 14.3. The summed E-state index contributed by atoms with van der Waals surface area (Å²) in [5.74, 6) is -0.111. The van der Waals surface area contributed by atoms with E-state index in [1.807, 2.05) is 19.1 Å². The quantitative estimate of drug-likeness (QED) is 0.851. The van der Waals surface area contributed by atoms with E-state index in [4.69, 9.17) is 5.73 Å². The second-order valence-electron chi connectivity index (χ2n) is 3.93. The van der Waals surface area contributed by atoms with Gasteiger partial charge >= 0.3 is 0 Å². The molecule has 0 saturated carbocycles. The Morgan fingerprint density at radius 1 is 1.39 bits per heavy atom. The molecule has 1 amide bonds. The number of halogens is 1. The lowest BCUT2D eigenvalue weighted by Crippen LogP contribution is -2.22. The lowest BCUT2D eigenvalue weighted by molar-refractivity contribution is 0.0951. The molecule has 0 aliphatic heterocycles. The van der Waals surface area contributed by atoms with Gasteiger partial charge in [-0.1, -0.05) is 0 Å². The molecule has 1 aromatic carbocycles. The van der Waals surface area contributed by atoms with Gasteiger partial charge in [0.2, 0.25) is 0 Å². The summed E-state index contributed by atoms with van der Waals surface area (Å²) < 4.78 is 0.799. The molecule has 0 fully saturated rings. The van der Waals surface area contributed by atoms with Crippen molar-refractivity contribution in [3.63, 3.8) is 0 Å². The molecule has 0 bridgehead atoms. The van der Waals surface area contributed by atoms with Crippen LogP contribution >= 0.6 is 27.3 Å². The van der Waals surface area contributed by atoms with Crippen LogP contribution in [0.5, 0.6) is 0 Å². The number of nitrogen functional groups attached to an aromatic ring is 1. The fraction of sp³-hybridized carbons (Fsp3) is 0.154. The number of carbonyl (C=O) groups is 1. The summed E-state index contributed by atoms with van der Waals surface area (Å²) in [5, 5.41) is 2.88. The van der Waals surface area contributed by atoms with Crippen LogP contribution < -0.4 is 11.1 Å². The fourth-order valence-corrected chi connectivity index (χ4v) is 2.61. The lowest BCUT2D eigenvalue weighted by Gasteiger charge is -2.05. The van der Waals surface area contributed by atoms with Crippen LogP contribution in [-0.2, 0) is 6.54 Å². The van der Waals surface area contributed by atoms with Gasteiger partial charge in [0.25, 0.3) is 5.91 Å². The van der Waals surface area contributed by atoms with Crippen LogP contribution in [0.25, 0.3) is 0 Å². The zero-order valence-electron chi connectivity index (χ0n) is 9.87. The summed E-state index contributed by atoms with van der Waals surface area (Å²) in [6, 6.07) is 9.26. The number of aryl methyl sites for hydroxylation is 1. The van der Waals surface area contributed by atoms with Gasteiger partial charge in [0.1, 0.15) is 0 Å². The standard InChI is InChI=1S/C13H13BrN2OS/c1-8-2-4-10(18-8)7-16-13(17)9-3-5-11(14)12(15)6-9/h2-6H,7,15H2,1H3,(H,16,17). The topological polar surface area (TPSA) is 55.1 Å². The van der Waals surface area contributed by atoms with Gasteiger partial charge in [0.05, 0.1) is 6.54 Å².